The molecule has 1 amide bonds. The normalized spacial score (nSPS) is 18.4. The van der Waals surface area contributed by atoms with Gasteiger partial charge in [0.05, 0.1) is 0 Å². The highest BCUT2D eigenvalue weighted by Gasteiger charge is 2.39. The van der Waals surface area contributed by atoms with Crippen molar-refractivity contribution in [3.63, 3.8) is 0 Å². The fourth-order valence-corrected chi connectivity index (χ4v) is 3.80. The molecule has 27 heavy (non-hydrogen) atoms. The fourth-order valence-electron chi connectivity index (χ4n) is 2.91. The number of likely N-dealkylation sites (tertiary alicyclic amines) is 1. The lowest BCUT2D eigenvalue weighted by molar-refractivity contribution is 0.0463. The molecule has 1 aliphatic heterocycles. The molecule has 2 rings (SSSR count). The highest BCUT2D eigenvalue weighted by atomic mass is 32.2. The summed E-state index contributed by atoms with van der Waals surface area (Å²) in [7, 11) is 0. The lowest BCUT2D eigenvalue weighted by atomic mass is 9.90. The summed E-state index contributed by atoms with van der Waals surface area (Å²) in [6.45, 7) is 6.11. The van der Waals surface area contributed by atoms with Crippen LogP contribution in [-0.2, 0) is 22.7 Å². The van der Waals surface area contributed by atoms with Crippen LogP contribution in [0, 0.1) is 5.92 Å². The molecule has 2 atom stereocenters. The molecule has 1 aromatic rings. The van der Waals surface area contributed by atoms with Crippen molar-refractivity contribution in [2.75, 3.05) is 13.1 Å². The summed E-state index contributed by atoms with van der Waals surface area (Å²) in [4.78, 5) is 13.7. The lowest BCUT2D eigenvalue weighted by Gasteiger charge is -2.36. The molecule has 0 bridgehead atoms. The van der Waals surface area contributed by atoms with Crippen molar-refractivity contribution in [2.24, 2.45) is 5.92 Å². The Morgan fingerprint density at radius 3 is 2.41 bits per heavy atom. The number of benzene rings is 1. The lowest BCUT2D eigenvalue weighted by Crippen LogP contribution is -2.53. The summed E-state index contributed by atoms with van der Waals surface area (Å²) < 4.78 is 46.5. The third-order valence-corrected chi connectivity index (χ3v) is 6.18. The van der Waals surface area contributed by atoms with E-state index in [1.54, 1.807) is 25.7 Å². The fraction of sp³-hybridized carbons (Fsp3) is 0.632. The summed E-state index contributed by atoms with van der Waals surface area (Å²) in [5.41, 5.74) is 0.896. The SMILES string of the molecule is CC(C)(C)[S+]([O-])N[C@@H](C(F)F)C1CCN(C(=O)OCc2ccccc2)CC1. The predicted octanol–water partition coefficient (Wildman–Crippen LogP) is 3.72. The number of nitrogens with zero attached hydrogens (tertiary/aromatic N) is 1. The Kier molecular flexibility index (Phi) is 7.88. The molecule has 1 aromatic carbocycles. The summed E-state index contributed by atoms with van der Waals surface area (Å²) in [5, 5.41) is 0. The second-order valence-corrected chi connectivity index (χ2v) is 9.72. The topological polar surface area (TPSA) is 64.6 Å². The number of halogens is 2. The van der Waals surface area contributed by atoms with Crippen LogP contribution in [0.4, 0.5) is 13.6 Å². The van der Waals surface area contributed by atoms with Crippen LogP contribution < -0.4 is 4.72 Å². The zero-order valence-electron chi connectivity index (χ0n) is 16.0. The third kappa shape index (κ3) is 6.62. The molecule has 1 fully saturated rings. The van der Waals surface area contributed by atoms with Crippen LogP contribution in [0.5, 0.6) is 0 Å². The Morgan fingerprint density at radius 2 is 1.89 bits per heavy atom. The van der Waals surface area contributed by atoms with Crippen LogP contribution >= 0.6 is 0 Å². The van der Waals surface area contributed by atoms with Gasteiger partial charge in [0.1, 0.15) is 17.4 Å². The Balaban J connectivity index is 1.84. The van der Waals surface area contributed by atoms with Crippen LogP contribution in [0.1, 0.15) is 39.2 Å². The van der Waals surface area contributed by atoms with Crippen LogP contribution in [0.15, 0.2) is 30.3 Å². The Labute approximate surface area is 162 Å². The van der Waals surface area contributed by atoms with E-state index in [0.717, 1.165) is 5.56 Å². The molecule has 152 valence electrons. The molecule has 1 saturated heterocycles. The third-order valence-electron chi connectivity index (χ3n) is 4.58. The number of piperidine rings is 1. The van der Waals surface area contributed by atoms with Crippen LogP contribution in [0.25, 0.3) is 0 Å². The van der Waals surface area contributed by atoms with E-state index < -0.39 is 34.7 Å². The number of ether oxygens (including phenoxy) is 1. The first kappa shape index (κ1) is 21.9. The molecular weight excluding hydrogens is 374 g/mol. The van der Waals surface area contributed by atoms with Gasteiger partial charge in [0, 0.05) is 24.5 Å². The van der Waals surface area contributed by atoms with Crippen molar-refractivity contribution in [3.8, 4) is 0 Å². The minimum absolute atomic E-state index is 0.186. The molecule has 0 saturated carbocycles. The minimum Gasteiger partial charge on any atom is -0.598 e. The standard InChI is InChI=1S/C19H28F2N2O3S/c1-19(2,3)27(25)22-16(17(20)21)15-9-11-23(12-10-15)18(24)26-13-14-7-5-4-6-8-14/h4-8,15-17,22H,9-13H2,1-3H3/t16-,27?/m1/s1. The van der Waals surface area contributed by atoms with Gasteiger partial charge >= 0.3 is 6.09 Å². The van der Waals surface area contributed by atoms with E-state index in [4.69, 9.17) is 4.74 Å². The highest BCUT2D eigenvalue weighted by molar-refractivity contribution is 7.90. The summed E-state index contributed by atoms with van der Waals surface area (Å²) in [6, 6.07) is 8.21. The smallest absolute Gasteiger partial charge is 0.410 e. The molecular formula is C19H28F2N2O3S. The van der Waals surface area contributed by atoms with Gasteiger partial charge in [0.25, 0.3) is 6.43 Å². The summed E-state index contributed by atoms with van der Waals surface area (Å²) in [6.07, 6.45) is -2.21. The van der Waals surface area contributed by atoms with Gasteiger partial charge in [-0.15, -0.1) is 4.72 Å². The molecule has 5 nitrogen and oxygen atoms in total. The second kappa shape index (κ2) is 9.71. The van der Waals surface area contributed by atoms with Crippen molar-refractivity contribution >= 4 is 17.5 Å². The number of hydrogen-bond acceptors (Lipinski definition) is 4. The number of nitrogens with one attached hydrogen (secondary N) is 1. The summed E-state index contributed by atoms with van der Waals surface area (Å²) in [5.74, 6) is -0.338. The molecule has 1 unspecified atom stereocenters. The van der Waals surface area contributed by atoms with Crippen molar-refractivity contribution in [3.05, 3.63) is 35.9 Å². The maximum Gasteiger partial charge on any atom is 0.410 e. The molecule has 0 spiro atoms. The summed E-state index contributed by atoms with van der Waals surface area (Å²) >= 11 is -1.57. The van der Waals surface area contributed by atoms with Gasteiger partial charge in [-0.2, -0.15) is 0 Å². The largest absolute Gasteiger partial charge is 0.598 e. The van der Waals surface area contributed by atoms with Gasteiger partial charge < -0.3 is 14.2 Å². The Bertz CT molecular complexity index is 590. The maximum absolute atomic E-state index is 13.5. The van der Waals surface area contributed by atoms with E-state index in [2.05, 4.69) is 4.72 Å². The van der Waals surface area contributed by atoms with Crippen molar-refractivity contribution < 1.29 is 22.9 Å². The van der Waals surface area contributed by atoms with E-state index in [9.17, 15) is 18.1 Å². The van der Waals surface area contributed by atoms with Gasteiger partial charge in [-0.1, -0.05) is 30.3 Å². The molecule has 8 heteroatoms. The number of carbonyl (C=O) groups excluding carboxylic acids is 1. The van der Waals surface area contributed by atoms with E-state index in [0.29, 0.717) is 25.9 Å². The zero-order valence-corrected chi connectivity index (χ0v) is 16.8. The Hall–Kier alpha value is -1.38. The van der Waals surface area contributed by atoms with Gasteiger partial charge in [0.2, 0.25) is 0 Å². The number of alkyl halides is 2. The average Bonchev–Trinajstić information content (AvgIpc) is 2.64. The molecule has 0 aliphatic carbocycles. The van der Waals surface area contributed by atoms with Crippen molar-refractivity contribution in [1.82, 2.24) is 9.62 Å². The van der Waals surface area contributed by atoms with Crippen LogP contribution in [0.2, 0.25) is 0 Å². The van der Waals surface area contributed by atoms with Gasteiger partial charge in [-0.3, -0.25) is 0 Å². The van der Waals surface area contributed by atoms with Crippen molar-refractivity contribution in [2.45, 2.75) is 57.4 Å². The second-order valence-electron chi connectivity index (χ2n) is 7.72. The first-order chi connectivity index (χ1) is 12.7. The number of amides is 1. The van der Waals surface area contributed by atoms with E-state index >= 15 is 0 Å². The molecule has 0 radical (unpaired) electrons. The van der Waals surface area contributed by atoms with Gasteiger partial charge in [-0.25, -0.2) is 13.6 Å². The molecule has 0 aromatic heterocycles. The minimum atomic E-state index is -2.61. The first-order valence-corrected chi connectivity index (χ1v) is 10.3. The molecule has 1 N–H and O–H groups in total. The quantitative estimate of drug-likeness (QED) is 0.737. The highest BCUT2D eigenvalue weighted by Crippen LogP contribution is 2.27. The van der Waals surface area contributed by atoms with Crippen LogP contribution in [-0.4, -0.2) is 45.8 Å². The van der Waals surface area contributed by atoms with Crippen LogP contribution in [0.3, 0.4) is 0 Å². The predicted molar refractivity (Wildman–Crippen MR) is 102 cm³/mol. The average molecular weight is 403 g/mol. The number of hydrogen-bond donors (Lipinski definition) is 1. The van der Waals surface area contributed by atoms with Gasteiger partial charge in [0.15, 0.2) is 0 Å². The van der Waals surface area contributed by atoms with E-state index in [-0.39, 0.29) is 12.5 Å². The monoisotopic (exact) mass is 402 g/mol. The Morgan fingerprint density at radius 1 is 1.30 bits per heavy atom. The number of rotatable bonds is 6. The molecule has 1 aliphatic rings. The van der Waals surface area contributed by atoms with Gasteiger partial charge in [-0.05, 0) is 45.1 Å². The first-order valence-electron chi connectivity index (χ1n) is 9.10. The van der Waals surface area contributed by atoms with Crippen molar-refractivity contribution in [1.29, 1.82) is 0 Å². The van der Waals surface area contributed by atoms with E-state index in [1.807, 2.05) is 30.3 Å². The van der Waals surface area contributed by atoms with E-state index in [1.165, 1.54) is 0 Å². The number of carbonyl (C=O) groups is 1. The molecule has 1 heterocycles. The zero-order chi connectivity index (χ0) is 20.0. The maximum atomic E-state index is 13.5.